The Morgan fingerprint density at radius 3 is 2.76 bits per heavy atom. The van der Waals surface area contributed by atoms with Gasteiger partial charge < -0.3 is 15.4 Å². The van der Waals surface area contributed by atoms with Gasteiger partial charge in [-0.05, 0) is 41.7 Å². The summed E-state index contributed by atoms with van der Waals surface area (Å²) in [5.74, 6) is 0. The van der Waals surface area contributed by atoms with E-state index in [-0.39, 0.29) is 18.5 Å². The van der Waals surface area contributed by atoms with Crippen molar-refractivity contribution in [1.29, 1.82) is 0 Å². The van der Waals surface area contributed by atoms with E-state index >= 15 is 0 Å². The highest BCUT2D eigenvalue weighted by Gasteiger charge is 2.24. The number of fused-ring (bicyclic) bond motifs is 1. The normalized spacial score (nSPS) is 16.8. The minimum atomic E-state index is -0.455. The summed E-state index contributed by atoms with van der Waals surface area (Å²) in [7, 11) is 0. The molecular weight excluding hydrogens is 359 g/mol. The highest BCUT2D eigenvalue weighted by atomic mass is 35.5. The zero-order chi connectivity index (χ0) is 17.8. The van der Waals surface area contributed by atoms with Crippen molar-refractivity contribution in [3.8, 4) is 0 Å². The molecule has 0 heterocycles. The lowest BCUT2D eigenvalue weighted by Gasteiger charge is -2.20. The first kappa shape index (κ1) is 17.8. The Kier molecular flexibility index (Phi) is 5.61. The van der Waals surface area contributed by atoms with E-state index in [0.717, 1.165) is 30.3 Å². The first-order valence-electron chi connectivity index (χ1n) is 8.12. The van der Waals surface area contributed by atoms with Crippen LogP contribution in [0, 0.1) is 0 Å². The number of hydrogen-bond acceptors (Lipinski definition) is 2. The van der Waals surface area contributed by atoms with E-state index in [1.165, 1.54) is 5.56 Å². The number of aryl methyl sites for hydroxylation is 1. The quantitative estimate of drug-likeness (QED) is 0.748. The van der Waals surface area contributed by atoms with Crippen LogP contribution in [0.15, 0.2) is 42.5 Å². The first-order valence-corrected chi connectivity index (χ1v) is 8.87. The van der Waals surface area contributed by atoms with E-state index in [0.29, 0.717) is 10.0 Å². The number of aldehydes is 1. The molecule has 0 radical (unpaired) electrons. The second kappa shape index (κ2) is 7.89. The van der Waals surface area contributed by atoms with Gasteiger partial charge in [-0.3, -0.25) is 0 Å². The molecule has 2 atom stereocenters. The SMILES string of the molecule is O=CCC(NC(=O)NC1CCc2ccccc21)c1ccc(Cl)c(Cl)c1. The second-order valence-electron chi connectivity index (χ2n) is 6.04. The molecule has 0 saturated heterocycles. The predicted octanol–water partition coefficient (Wildman–Crippen LogP) is 4.61. The van der Waals surface area contributed by atoms with E-state index in [1.807, 2.05) is 18.2 Å². The monoisotopic (exact) mass is 376 g/mol. The van der Waals surface area contributed by atoms with Crippen molar-refractivity contribution in [2.75, 3.05) is 0 Å². The molecule has 3 rings (SSSR count). The van der Waals surface area contributed by atoms with Crippen LogP contribution in [0.2, 0.25) is 10.0 Å². The van der Waals surface area contributed by atoms with Gasteiger partial charge in [0.05, 0.1) is 22.1 Å². The Balaban J connectivity index is 1.69. The summed E-state index contributed by atoms with van der Waals surface area (Å²) in [6.07, 6.45) is 2.76. The Labute approximate surface area is 156 Å². The van der Waals surface area contributed by atoms with Gasteiger partial charge in [-0.25, -0.2) is 4.79 Å². The zero-order valence-corrected chi connectivity index (χ0v) is 15.0. The average molecular weight is 377 g/mol. The second-order valence-corrected chi connectivity index (χ2v) is 6.85. The fourth-order valence-corrected chi connectivity index (χ4v) is 3.48. The third kappa shape index (κ3) is 4.14. The number of halogens is 2. The number of carbonyl (C=O) groups excluding carboxylic acids is 2. The van der Waals surface area contributed by atoms with Crippen molar-refractivity contribution in [3.63, 3.8) is 0 Å². The standard InChI is InChI=1S/C19H18Cl2N2O2/c20-15-7-5-13(11-16(15)21)17(9-10-24)22-19(25)23-18-8-6-12-3-1-2-4-14(12)18/h1-5,7,10-11,17-18H,6,8-9H2,(H2,22,23,25). The molecule has 2 N–H and O–H groups in total. The Morgan fingerprint density at radius 1 is 1.20 bits per heavy atom. The van der Waals surface area contributed by atoms with Gasteiger partial charge in [0, 0.05) is 6.42 Å². The fourth-order valence-electron chi connectivity index (χ4n) is 3.17. The van der Waals surface area contributed by atoms with E-state index in [1.54, 1.807) is 18.2 Å². The van der Waals surface area contributed by atoms with Gasteiger partial charge >= 0.3 is 6.03 Å². The molecule has 2 unspecified atom stereocenters. The van der Waals surface area contributed by atoms with Crippen molar-refractivity contribution >= 4 is 35.5 Å². The topological polar surface area (TPSA) is 58.2 Å². The van der Waals surface area contributed by atoms with Gasteiger partial charge in [-0.2, -0.15) is 0 Å². The van der Waals surface area contributed by atoms with Crippen LogP contribution in [-0.4, -0.2) is 12.3 Å². The molecule has 0 saturated carbocycles. The summed E-state index contributed by atoms with van der Waals surface area (Å²) in [4.78, 5) is 23.4. The van der Waals surface area contributed by atoms with E-state index < -0.39 is 6.04 Å². The average Bonchev–Trinajstić information content (AvgIpc) is 3.00. The number of amides is 2. The molecule has 0 fully saturated rings. The molecule has 2 amide bonds. The lowest BCUT2D eigenvalue weighted by Crippen LogP contribution is -2.39. The smallest absolute Gasteiger partial charge is 0.315 e. The molecule has 6 heteroatoms. The third-order valence-electron chi connectivity index (χ3n) is 4.42. The van der Waals surface area contributed by atoms with Gasteiger partial charge in [-0.1, -0.05) is 53.5 Å². The van der Waals surface area contributed by atoms with E-state index in [2.05, 4.69) is 16.7 Å². The molecule has 1 aliphatic carbocycles. The molecule has 2 aromatic carbocycles. The van der Waals surface area contributed by atoms with Gasteiger partial charge in [0.25, 0.3) is 0 Å². The molecule has 25 heavy (non-hydrogen) atoms. The highest BCUT2D eigenvalue weighted by Crippen LogP contribution is 2.31. The lowest BCUT2D eigenvalue weighted by molar-refractivity contribution is -0.108. The summed E-state index contributed by atoms with van der Waals surface area (Å²) in [6, 6.07) is 12.4. The van der Waals surface area contributed by atoms with Gasteiger partial charge in [0.15, 0.2) is 0 Å². The van der Waals surface area contributed by atoms with Crippen LogP contribution in [-0.2, 0) is 11.2 Å². The molecule has 0 spiro atoms. The number of urea groups is 1. The molecule has 2 aromatic rings. The maximum atomic E-state index is 12.4. The van der Waals surface area contributed by atoms with Crippen LogP contribution in [0.1, 0.15) is 41.6 Å². The lowest BCUT2D eigenvalue weighted by atomic mass is 10.0. The van der Waals surface area contributed by atoms with Gasteiger partial charge in [-0.15, -0.1) is 0 Å². The first-order chi connectivity index (χ1) is 12.1. The number of nitrogens with one attached hydrogen (secondary N) is 2. The Morgan fingerprint density at radius 2 is 2.00 bits per heavy atom. The molecular formula is C19H18Cl2N2O2. The van der Waals surface area contributed by atoms with Crippen LogP contribution < -0.4 is 10.6 Å². The van der Waals surface area contributed by atoms with Crippen LogP contribution in [0.3, 0.4) is 0 Å². The van der Waals surface area contributed by atoms with Crippen molar-refractivity contribution in [2.45, 2.75) is 31.3 Å². The summed E-state index contributed by atoms with van der Waals surface area (Å²) in [5.41, 5.74) is 3.16. The number of rotatable bonds is 5. The van der Waals surface area contributed by atoms with Gasteiger partial charge in [0.2, 0.25) is 0 Å². The van der Waals surface area contributed by atoms with Crippen molar-refractivity contribution < 1.29 is 9.59 Å². The van der Waals surface area contributed by atoms with E-state index in [4.69, 9.17) is 23.2 Å². The molecule has 0 aliphatic heterocycles. The third-order valence-corrected chi connectivity index (χ3v) is 5.16. The van der Waals surface area contributed by atoms with Crippen molar-refractivity contribution in [2.24, 2.45) is 0 Å². The minimum Gasteiger partial charge on any atom is -0.331 e. The zero-order valence-electron chi connectivity index (χ0n) is 13.5. The fraction of sp³-hybridized carbons (Fsp3) is 0.263. The maximum absolute atomic E-state index is 12.4. The van der Waals surface area contributed by atoms with E-state index in [9.17, 15) is 9.59 Å². The number of hydrogen-bond donors (Lipinski definition) is 2. The Hall–Kier alpha value is -2.04. The summed E-state index contributed by atoms with van der Waals surface area (Å²) < 4.78 is 0. The maximum Gasteiger partial charge on any atom is 0.315 e. The molecule has 0 aromatic heterocycles. The predicted molar refractivity (Wildman–Crippen MR) is 99.1 cm³/mol. The molecule has 130 valence electrons. The van der Waals surface area contributed by atoms with Crippen LogP contribution in [0.25, 0.3) is 0 Å². The number of benzene rings is 2. The summed E-state index contributed by atoms with van der Waals surface area (Å²) in [5, 5.41) is 6.67. The van der Waals surface area contributed by atoms with Crippen molar-refractivity contribution in [3.05, 3.63) is 69.2 Å². The Bertz CT molecular complexity index is 795. The number of carbonyl (C=O) groups is 2. The molecule has 0 bridgehead atoms. The van der Waals surface area contributed by atoms with Crippen LogP contribution in [0.5, 0.6) is 0 Å². The largest absolute Gasteiger partial charge is 0.331 e. The molecule has 4 nitrogen and oxygen atoms in total. The summed E-state index contributed by atoms with van der Waals surface area (Å²) in [6.45, 7) is 0. The highest BCUT2D eigenvalue weighted by molar-refractivity contribution is 6.42. The van der Waals surface area contributed by atoms with Crippen LogP contribution >= 0.6 is 23.2 Å². The minimum absolute atomic E-state index is 0.0121. The van der Waals surface area contributed by atoms with Gasteiger partial charge in [0.1, 0.15) is 6.29 Å². The molecule has 1 aliphatic rings. The van der Waals surface area contributed by atoms with Crippen molar-refractivity contribution in [1.82, 2.24) is 10.6 Å². The summed E-state index contributed by atoms with van der Waals surface area (Å²) >= 11 is 12.0. The van der Waals surface area contributed by atoms with Crippen LogP contribution in [0.4, 0.5) is 4.79 Å².